The highest BCUT2D eigenvalue weighted by atomic mass is 19.1. The summed E-state index contributed by atoms with van der Waals surface area (Å²) in [5.74, 6) is -1.20. The fraction of sp³-hybridized carbons (Fsp3) is 0.455. The van der Waals surface area contributed by atoms with Gasteiger partial charge in [-0.05, 0) is 6.07 Å². The van der Waals surface area contributed by atoms with Crippen LogP contribution in [0.25, 0.3) is 0 Å². The van der Waals surface area contributed by atoms with E-state index < -0.39 is 11.6 Å². The van der Waals surface area contributed by atoms with Gasteiger partial charge in [0.2, 0.25) is 0 Å². The minimum Gasteiger partial charge on any atom is -0.395 e. The van der Waals surface area contributed by atoms with Crippen LogP contribution in [0.1, 0.15) is 5.56 Å². The van der Waals surface area contributed by atoms with Crippen molar-refractivity contribution in [2.24, 2.45) is 0 Å². The summed E-state index contributed by atoms with van der Waals surface area (Å²) in [6.07, 6.45) is 0. The molecule has 0 aliphatic carbocycles. The Bertz CT molecular complexity index is 334. The molecule has 0 aromatic heterocycles. The van der Waals surface area contributed by atoms with E-state index in [1.165, 1.54) is 19.2 Å². The maximum absolute atomic E-state index is 13.2. The van der Waals surface area contributed by atoms with Crippen molar-refractivity contribution in [2.45, 2.75) is 12.6 Å². The number of benzene rings is 1. The fourth-order valence-electron chi connectivity index (χ4n) is 1.30. The van der Waals surface area contributed by atoms with Crippen LogP contribution in [0.3, 0.4) is 0 Å². The Morgan fingerprint density at radius 1 is 1.44 bits per heavy atom. The van der Waals surface area contributed by atoms with Crippen molar-refractivity contribution in [1.29, 1.82) is 0 Å². The third kappa shape index (κ3) is 3.84. The van der Waals surface area contributed by atoms with Crippen molar-refractivity contribution in [2.75, 3.05) is 20.3 Å². The Labute approximate surface area is 93.0 Å². The summed E-state index contributed by atoms with van der Waals surface area (Å²) in [6.45, 7) is 0.455. The van der Waals surface area contributed by atoms with E-state index in [1.807, 2.05) is 0 Å². The largest absolute Gasteiger partial charge is 0.395 e. The van der Waals surface area contributed by atoms with Crippen molar-refractivity contribution >= 4 is 0 Å². The Kier molecular flexibility index (Phi) is 5.31. The maximum atomic E-state index is 13.2. The van der Waals surface area contributed by atoms with Crippen LogP contribution in [-0.4, -0.2) is 31.5 Å². The summed E-state index contributed by atoms with van der Waals surface area (Å²) in [4.78, 5) is 0. The average molecular weight is 231 g/mol. The lowest BCUT2D eigenvalue weighted by Gasteiger charge is -2.15. The van der Waals surface area contributed by atoms with Gasteiger partial charge in [-0.2, -0.15) is 0 Å². The van der Waals surface area contributed by atoms with E-state index in [9.17, 15) is 8.78 Å². The van der Waals surface area contributed by atoms with Crippen LogP contribution in [0, 0.1) is 11.6 Å². The van der Waals surface area contributed by atoms with Crippen LogP contribution >= 0.6 is 0 Å². The second kappa shape index (κ2) is 6.52. The Morgan fingerprint density at radius 2 is 2.19 bits per heavy atom. The molecule has 1 aromatic rings. The van der Waals surface area contributed by atoms with Crippen LogP contribution in [0.4, 0.5) is 8.78 Å². The molecule has 2 N–H and O–H groups in total. The zero-order valence-electron chi connectivity index (χ0n) is 9.04. The molecule has 0 fully saturated rings. The molecule has 1 aromatic carbocycles. The van der Waals surface area contributed by atoms with Crippen LogP contribution in [-0.2, 0) is 11.3 Å². The van der Waals surface area contributed by atoms with E-state index in [0.717, 1.165) is 6.07 Å². The average Bonchev–Trinajstić information content (AvgIpc) is 2.26. The van der Waals surface area contributed by atoms with Crippen LogP contribution in [0.2, 0.25) is 0 Å². The number of nitrogens with one attached hydrogen (secondary N) is 1. The highest BCUT2D eigenvalue weighted by Crippen LogP contribution is 2.09. The molecule has 0 amide bonds. The highest BCUT2D eigenvalue weighted by molar-refractivity contribution is 5.18. The van der Waals surface area contributed by atoms with Gasteiger partial charge in [0.15, 0.2) is 0 Å². The fourth-order valence-corrected chi connectivity index (χ4v) is 1.30. The number of ether oxygens (including phenoxy) is 1. The summed E-state index contributed by atoms with van der Waals surface area (Å²) >= 11 is 0. The molecular weight excluding hydrogens is 216 g/mol. The predicted octanol–water partition coefficient (Wildman–Crippen LogP) is 1.06. The van der Waals surface area contributed by atoms with Crippen molar-refractivity contribution in [1.82, 2.24) is 5.32 Å². The van der Waals surface area contributed by atoms with E-state index in [0.29, 0.717) is 12.2 Å². The van der Waals surface area contributed by atoms with Crippen LogP contribution < -0.4 is 5.32 Å². The van der Waals surface area contributed by atoms with Crippen molar-refractivity contribution < 1.29 is 18.6 Å². The van der Waals surface area contributed by atoms with Crippen LogP contribution in [0.15, 0.2) is 18.2 Å². The smallest absolute Gasteiger partial charge is 0.130 e. The van der Waals surface area contributed by atoms with Gasteiger partial charge in [0, 0.05) is 25.3 Å². The summed E-state index contributed by atoms with van der Waals surface area (Å²) in [6, 6.07) is 3.15. The number of methoxy groups -OCH3 is 1. The molecule has 1 atom stereocenters. The summed E-state index contributed by atoms with van der Waals surface area (Å²) in [5.41, 5.74) is 0.357. The Morgan fingerprint density at radius 3 is 2.75 bits per heavy atom. The molecule has 16 heavy (non-hydrogen) atoms. The molecule has 3 nitrogen and oxygen atoms in total. The lowest BCUT2D eigenvalue weighted by atomic mass is 10.2. The van der Waals surface area contributed by atoms with E-state index in [1.54, 1.807) is 0 Å². The topological polar surface area (TPSA) is 41.5 Å². The lowest BCUT2D eigenvalue weighted by molar-refractivity contribution is 0.128. The molecule has 0 aliphatic rings. The van der Waals surface area contributed by atoms with E-state index in [4.69, 9.17) is 9.84 Å². The van der Waals surface area contributed by atoms with Gasteiger partial charge < -0.3 is 15.2 Å². The van der Waals surface area contributed by atoms with E-state index in [-0.39, 0.29) is 19.2 Å². The van der Waals surface area contributed by atoms with Gasteiger partial charge in [-0.3, -0.25) is 0 Å². The zero-order chi connectivity index (χ0) is 12.0. The number of aliphatic hydroxyl groups excluding tert-OH is 1. The first-order valence-corrected chi connectivity index (χ1v) is 4.94. The summed E-state index contributed by atoms with van der Waals surface area (Å²) < 4.78 is 30.7. The van der Waals surface area contributed by atoms with Gasteiger partial charge in [0.25, 0.3) is 0 Å². The second-order valence-corrected chi connectivity index (χ2v) is 3.45. The normalized spacial score (nSPS) is 12.8. The molecule has 0 saturated heterocycles. The Hall–Kier alpha value is -1.04. The summed E-state index contributed by atoms with van der Waals surface area (Å²) in [7, 11) is 1.52. The first-order valence-electron chi connectivity index (χ1n) is 4.94. The van der Waals surface area contributed by atoms with Crippen LogP contribution in [0.5, 0.6) is 0 Å². The van der Waals surface area contributed by atoms with Crippen molar-refractivity contribution in [3.05, 3.63) is 35.4 Å². The number of rotatable bonds is 6. The van der Waals surface area contributed by atoms with Gasteiger partial charge >= 0.3 is 0 Å². The molecule has 5 heteroatoms. The van der Waals surface area contributed by atoms with E-state index in [2.05, 4.69) is 5.32 Å². The monoisotopic (exact) mass is 231 g/mol. The minimum atomic E-state index is -0.600. The molecule has 0 radical (unpaired) electrons. The molecule has 0 heterocycles. The highest BCUT2D eigenvalue weighted by Gasteiger charge is 2.08. The number of hydrogen-bond acceptors (Lipinski definition) is 3. The van der Waals surface area contributed by atoms with Gasteiger partial charge in [-0.1, -0.05) is 6.07 Å². The molecule has 1 rings (SSSR count). The first-order chi connectivity index (χ1) is 7.67. The predicted molar refractivity (Wildman–Crippen MR) is 55.9 cm³/mol. The third-order valence-corrected chi connectivity index (χ3v) is 2.18. The number of hydrogen-bond donors (Lipinski definition) is 2. The molecule has 0 spiro atoms. The maximum Gasteiger partial charge on any atom is 0.130 e. The molecule has 0 aliphatic heterocycles. The zero-order valence-corrected chi connectivity index (χ0v) is 9.04. The Balaban J connectivity index is 2.53. The first kappa shape index (κ1) is 13.0. The molecule has 0 saturated carbocycles. The molecule has 90 valence electrons. The second-order valence-electron chi connectivity index (χ2n) is 3.45. The SMILES string of the molecule is COCC(CO)NCc1ccc(F)cc1F. The molecular formula is C11H15F2NO2. The van der Waals surface area contributed by atoms with Gasteiger partial charge in [0.1, 0.15) is 11.6 Å². The van der Waals surface area contributed by atoms with Gasteiger partial charge in [-0.25, -0.2) is 8.78 Å². The molecule has 1 unspecified atom stereocenters. The number of aliphatic hydroxyl groups is 1. The third-order valence-electron chi connectivity index (χ3n) is 2.18. The van der Waals surface area contributed by atoms with Crippen molar-refractivity contribution in [3.63, 3.8) is 0 Å². The number of halogens is 2. The quantitative estimate of drug-likeness (QED) is 0.769. The van der Waals surface area contributed by atoms with Crippen molar-refractivity contribution in [3.8, 4) is 0 Å². The standard InChI is InChI=1S/C11H15F2NO2/c1-16-7-10(6-15)14-5-8-2-3-9(12)4-11(8)13/h2-4,10,14-15H,5-7H2,1H3. The van der Waals surface area contributed by atoms with E-state index >= 15 is 0 Å². The van der Waals surface area contributed by atoms with Gasteiger partial charge in [-0.15, -0.1) is 0 Å². The minimum absolute atomic E-state index is 0.101. The molecule has 0 bridgehead atoms. The lowest BCUT2D eigenvalue weighted by Crippen LogP contribution is -2.36. The summed E-state index contributed by atoms with van der Waals surface area (Å²) in [5, 5.41) is 11.9. The van der Waals surface area contributed by atoms with Gasteiger partial charge in [0.05, 0.1) is 19.3 Å².